The highest BCUT2D eigenvalue weighted by atomic mass is 15.3. The smallest absolute Gasteiger partial charge is 0.0309 e. The number of nitrogens with one attached hydrogen (secondary N) is 1. The van der Waals surface area contributed by atoms with Crippen LogP contribution in [-0.2, 0) is 0 Å². The molecule has 1 aliphatic heterocycles. The number of piperazine rings is 1. The third-order valence-electron chi connectivity index (χ3n) is 4.77. The first-order chi connectivity index (χ1) is 8.65. The molecule has 2 fully saturated rings. The number of nitrogens with zero attached hydrogens (tertiary/aromatic N) is 1. The van der Waals surface area contributed by atoms with E-state index in [1.165, 1.54) is 64.6 Å². The molecule has 1 N–H and O–H groups in total. The van der Waals surface area contributed by atoms with Crippen LogP contribution in [0.2, 0.25) is 0 Å². The van der Waals surface area contributed by atoms with Crippen molar-refractivity contribution >= 4 is 0 Å². The zero-order valence-corrected chi connectivity index (χ0v) is 12.7. The van der Waals surface area contributed by atoms with E-state index in [0.29, 0.717) is 5.54 Å². The molecule has 18 heavy (non-hydrogen) atoms. The van der Waals surface area contributed by atoms with Gasteiger partial charge in [-0.2, -0.15) is 0 Å². The Bertz CT molecular complexity index is 243. The van der Waals surface area contributed by atoms with Crippen molar-refractivity contribution in [3.8, 4) is 0 Å². The van der Waals surface area contributed by atoms with E-state index in [9.17, 15) is 0 Å². The van der Waals surface area contributed by atoms with Gasteiger partial charge in [-0.1, -0.05) is 46.5 Å². The molecule has 1 saturated heterocycles. The quantitative estimate of drug-likeness (QED) is 0.825. The monoisotopic (exact) mass is 252 g/mol. The van der Waals surface area contributed by atoms with E-state index in [-0.39, 0.29) is 0 Å². The van der Waals surface area contributed by atoms with E-state index in [2.05, 4.69) is 31.0 Å². The van der Waals surface area contributed by atoms with Gasteiger partial charge >= 0.3 is 0 Å². The molecule has 1 aliphatic carbocycles. The Balaban J connectivity index is 1.99. The molecule has 2 heteroatoms. The second-order valence-corrected chi connectivity index (χ2v) is 6.99. The normalized spacial score (nSPS) is 29.0. The summed E-state index contributed by atoms with van der Waals surface area (Å²) in [6, 6.07) is 0.782. The van der Waals surface area contributed by atoms with Gasteiger partial charge in [0.15, 0.2) is 0 Å². The van der Waals surface area contributed by atoms with E-state index >= 15 is 0 Å². The van der Waals surface area contributed by atoms with Crippen molar-refractivity contribution in [2.75, 3.05) is 19.6 Å². The highest BCUT2D eigenvalue weighted by molar-refractivity contribution is 4.99. The second-order valence-electron chi connectivity index (χ2n) is 6.99. The summed E-state index contributed by atoms with van der Waals surface area (Å²) in [4.78, 5) is 2.80. The van der Waals surface area contributed by atoms with Gasteiger partial charge < -0.3 is 5.32 Å². The molecule has 0 radical (unpaired) electrons. The maximum atomic E-state index is 3.93. The number of hydrogen-bond acceptors (Lipinski definition) is 2. The first kappa shape index (κ1) is 14.3. The number of hydrogen-bond donors (Lipinski definition) is 1. The van der Waals surface area contributed by atoms with Gasteiger partial charge in [-0.15, -0.1) is 0 Å². The van der Waals surface area contributed by atoms with E-state index in [1.807, 2.05) is 0 Å². The van der Waals surface area contributed by atoms with E-state index in [0.717, 1.165) is 12.0 Å². The van der Waals surface area contributed by atoms with Crippen molar-refractivity contribution in [3.63, 3.8) is 0 Å². The van der Waals surface area contributed by atoms with Crippen molar-refractivity contribution in [1.29, 1.82) is 0 Å². The Hall–Kier alpha value is -0.0800. The predicted molar refractivity (Wildman–Crippen MR) is 78.9 cm³/mol. The van der Waals surface area contributed by atoms with Crippen LogP contribution in [0.1, 0.15) is 65.7 Å². The molecule has 0 amide bonds. The minimum absolute atomic E-state index is 0.470. The van der Waals surface area contributed by atoms with Crippen LogP contribution >= 0.6 is 0 Å². The van der Waals surface area contributed by atoms with Crippen LogP contribution < -0.4 is 5.32 Å². The predicted octanol–water partition coefficient (Wildman–Crippen LogP) is 3.42. The fraction of sp³-hybridized carbons (Fsp3) is 1.00. The summed E-state index contributed by atoms with van der Waals surface area (Å²) in [5.74, 6) is 0.795. The Kier molecular flexibility index (Phi) is 5.08. The number of rotatable bonds is 4. The molecule has 0 bridgehead atoms. The summed E-state index contributed by atoms with van der Waals surface area (Å²) in [5.41, 5.74) is 0.470. The largest absolute Gasteiger partial charge is 0.308 e. The third kappa shape index (κ3) is 3.48. The van der Waals surface area contributed by atoms with Gasteiger partial charge in [0.05, 0.1) is 0 Å². The van der Waals surface area contributed by atoms with Crippen LogP contribution in [0.5, 0.6) is 0 Å². The van der Waals surface area contributed by atoms with Crippen molar-refractivity contribution in [1.82, 2.24) is 10.2 Å². The molecule has 1 unspecified atom stereocenters. The highest BCUT2D eigenvalue weighted by Gasteiger charge is 2.39. The van der Waals surface area contributed by atoms with Crippen LogP contribution in [0.4, 0.5) is 0 Å². The minimum atomic E-state index is 0.470. The van der Waals surface area contributed by atoms with E-state index in [1.54, 1.807) is 0 Å². The average molecular weight is 252 g/mol. The van der Waals surface area contributed by atoms with Gasteiger partial charge in [0.2, 0.25) is 0 Å². The van der Waals surface area contributed by atoms with Crippen LogP contribution in [0.3, 0.4) is 0 Å². The molecule has 1 spiro atoms. The Morgan fingerprint density at radius 3 is 2.56 bits per heavy atom. The Morgan fingerprint density at radius 1 is 1.22 bits per heavy atom. The zero-order chi connectivity index (χ0) is 13.0. The fourth-order valence-electron chi connectivity index (χ4n) is 3.90. The molecule has 1 saturated carbocycles. The summed E-state index contributed by atoms with van der Waals surface area (Å²) in [7, 11) is 0. The standard InChI is InChI=1S/C16H32N2/c1-4-8-15-11-17-16(9-6-5-7-10-16)13-18(15)12-14(2)3/h14-15,17H,4-13H2,1-3H3. The van der Waals surface area contributed by atoms with Gasteiger partial charge in [-0.05, 0) is 25.2 Å². The summed E-state index contributed by atoms with van der Waals surface area (Å²) in [5, 5.41) is 3.93. The molecular formula is C16H32N2. The van der Waals surface area contributed by atoms with Gasteiger partial charge in [0.1, 0.15) is 0 Å². The first-order valence-corrected chi connectivity index (χ1v) is 8.14. The van der Waals surface area contributed by atoms with Crippen molar-refractivity contribution in [3.05, 3.63) is 0 Å². The lowest BCUT2D eigenvalue weighted by Crippen LogP contribution is -2.65. The Morgan fingerprint density at radius 2 is 1.94 bits per heavy atom. The minimum Gasteiger partial charge on any atom is -0.308 e. The molecule has 0 aromatic carbocycles. The molecule has 0 aromatic rings. The second kappa shape index (κ2) is 6.38. The maximum absolute atomic E-state index is 3.93. The third-order valence-corrected chi connectivity index (χ3v) is 4.77. The molecule has 2 rings (SSSR count). The molecule has 1 atom stereocenters. The van der Waals surface area contributed by atoms with Crippen molar-refractivity contribution in [2.24, 2.45) is 5.92 Å². The molecule has 2 aliphatic rings. The van der Waals surface area contributed by atoms with Crippen LogP contribution in [-0.4, -0.2) is 36.1 Å². The Labute approximate surface area is 114 Å². The van der Waals surface area contributed by atoms with E-state index in [4.69, 9.17) is 0 Å². The zero-order valence-electron chi connectivity index (χ0n) is 12.7. The van der Waals surface area contributed by atoms with Crippen molar-refractivity contribution < 1.29 is 0 Å². The SMILES string of the molecule is CCCC1CNC2(CCCCC2)CN1CC(C)C. The van der Waals surface area contributed by atoms with E-state index < -0.39 is 0 Å². The van der Waals surface area contributed by atoms with Crippen LogP contribution in [0.25, 0.3) is 0 Å². The molecular weight excluding hydrogens is 220 g/mol. The van der Waals surface area contributed by atoms with Crippen molar-refractivity contribution in [2.45, 2.75) is 77.3 Å². The van der Waals surface area contributed by atoms with Gasteiger partial charge in [0, 0.05) is 31.2 Å². The molecule has 2 nitrogen and oxygen atoms in total. The van der Waals surface area contributed by atoms with Gasteiger partial charge in [-0.3, -0.25) is 4.90 Å². The topological polar surface area (TPSA) is 15.3 Å². The van der Waals surface area contributed by atoms with Crippen LogP contribution in [0, 0.1) is 5.92 Å². The summed E-state index contributed by atoms with van der Waals surface area (Å²) in [6.45, 7) is 10.8. The molecule has 106 valence electrons. The van der Waals surface area contributed by atoms with Gasteiger partial charge in [-0.25, -0.2) is 0 Å². The molecule has 0 aromatic heterocycles. The lowest BCUT2D eigenvalue weighted by Gasteiger charge is -2.50. The fourth-order valence-corrected chi connectivity index (χ4v) is 3.90. The van der Waals surface area contributed by atoms with Gasteiger partial charge in [0.25, 0.3) is 0 Å². The lowest BCUT2D eigenvalue weighted by atomic mass is 9.79. The summed E-state index contributed by atoms with van der Waals surface area (Å²) >= 11 is 0. The summed E-state index contributed by atoms with van der Waals surface area (Å²) in [6.07, 6.45) is 9.79. The maximum Gasteiger partial charge on any atom is 0.0309 e. The lowest BCUT2D eigenvalue weighted by molar-refractivity contribution is 0.0438. The summed E-state index contributed by atoms with van der Waals surface area (Å²) < 4.78 is 0. The van der Waals surface area contributed by atoms with Crippen LogP contribution in [0.15, 0.2) is 0 Å². The average Bonchev–Trinajstić information content (AvgIpc) is 2.33. The first-order valence-electron chi connectivity index (χ1n) is 8.14. The highest BCUT2D eigenvalue weighted by Crippen LogP contribution is 2.32. The molecule has 1 heterocycles.